The van der Waals surface area contributed by atoms with E-state index in [1.807, 2.05) is 68.3 Å². The molecule has 2 N–H and O–H groups in total. The number of likely N-dealkylation sites (N-methyl/N-ethyl adjacent to an activating group) is 1. The zero-order valence-corrected chi connectivity index (χ0v) is 39.0. The van der Waals surface area contributed by atoms with E-state index >= 15 is 0 Å². The van der Waals surface area contributed by atoms with Crippen LogP contribution in [0.25, 0.3) is 0 Å². The largest absolute Gasteiger partial charge is 0.381 e. The fraction of sp³-hybridized carbons (Fsp3) is 0.702. The highest BCUT2D eigenvalue weighted by Gasteiger charge is 2.46. The molecule has 1 saturated carbocycles. The van der Waals surface area contributed by atoms with E-state index in [0.29, 0.717) is 38.8 Å². The Morgan fingerprint density at radius 3 is 2.28 bits per heavy atom. The first-order valence-corrected chi connectivity index (χ1v) is 23.4. The van der Waals surface area contributed by atoms with Gasteiger partial charge in [-0.3, -0.25) is 24.0 Å². The summed E-state index contributed by atoms with van der Waals surface area (Å²) >= 11 is 1.50. The quantitative estimate of drug-likeness (QED) is 0.106. The fourth-order valence-corrected chi connectivity index (χ4v) is 10.1. The van der Waals surface area contributed by atoms with E-state index < -0.39 is 35.6 Å². The van der Waals surface area contributed by atoms with E-state index in [1.54, 1.807) is 32.4 Å². The number of methoxy groups -OCH3 is 2. The van der Waals surface area contributed by atoms with Crippen molar-refractivity contribution in [1.82, 2.24) is 25.4 Å². The summed E-state index contributed by atoms with van der Waals surface area (Å²) in [6.45, 7) is 13.1. The first kappa shape index (κ1) is 49.9. The summed E-state index contributed by atoms with van der Waals surface area (Å²) in [4.78, 5) is 78.1. The van der Waals surface area contributed by atoms with Crippen LogP contribution in [0.2, 0.25) is 0 Å². The average molecular weight is 868 g/mol. The van der Waals surface area contributed by atoms with Crippen LogP contribution >= 0.6 is 11.3 Å². The van der Waals surface area contributed by atoms with Gasteiger partial charge in [0.05, 0.1) is 54.8 Å². The highest BCUT2D eigenvalue weighted by atomic mass is 32.1. The Morgan fingerprint density at radius 2 is 1.69 bits per heavy atom. The van der Waals surface area contributed by atoms with E-state index in [-0.39, 0.29) is 79.2 Å². The van der Waals surface area contributed by atoms with E-state index in [2.05, 4.69) is 29.5 Å². The van der Waals surface area contributed by atoms with Gasteiger partial charge in [0, 0.05) is 64.8 Å². The minimum atomic E-state index is -0.984. The summed E-state index contributed by atoms with van der Waals surface area (Å²) in [5.74, 6) is -2.19. The number of aromatic nitrogens is 1. The molecule has 2 fully saturated rings. The number of Topliss-reactive ketones (excluding diaryl/α,β-unsaturated/α-hetero) is 1. The molecule has 1 aromatic carbocycles. The third-order valence-electron chi connectivity index (χ3n) is 13.2. The van der Waals surface area contributed by atoms with Gasteiger partial charge >= 0.3 is 0 Å². The van der Waals surface area contributed by atoms with Crippen LogP contribution in [0.15, 0.2) is 41.9 Å². The molecule has 0 spiro atoms. The molecule has 0 bridgehead atoms. The van der Waals surface area contributed by atoms with Crippen LogP contribution in [0.5, 0.6) is 0 Å². The van der Waals surface area contributed by atoms with Gasteiger partial charge in [0.25, 0.3) is 0 Å². The van der Waals surface area contributed by atoms with E-state index in [0.717, 1.165) is 36.3 Å². The molecule has 1 aliphatic heterocycles. The summed E-state index contributed by atoms with van der Waals surface area (Å²) in [7, 11) is 4.93. The van der Waals surface area contributed by atoms with Gasteiger partial charge in [-0.15, -0.1) is 11.3 Å². The first-order chi connectivity index (χ1) is 29.2. The van der Waals surface area contributed by atoms with Crippen LogP contribution < -0.4 is 10.6 Å². The van der Waals surface area contributed by atoms with Crippen molar-refractivity contribution in [3.05, 3.63) is 52.5 Å². The SMILES string of the molecule is CCOCCC(=O)NC1(C(=O)C[C@H](C(=O)N(C)[C@@H]([C@@H](C)CC)[C@@H](CC(=O)N2CCC[C@H]2[C@H](OC)[C@@H](C)C(=O)N[C@@H](Cc2ccccc2)c2nccs2)OC)C(C)C)CCCC1. The molecule has 8 atom stereocenters. The number of ether oxygens (including phenoxy) is 3. The Labute approximate surface area is 368 Å². The number of likely N-dealkylation sites (tertiary alicyclic amines) is 1. The molecular weight excluding hydrogens is 795 g/mol. The topological polar surface area (TPSA) is 156 Å². The van der Waals surface area contributed by atoms with Crippen molar-refractivity contribution in [2.24, 2.45) is 23.7 Å². The lowest BCUT2D eigenvalue weighted by Gasteiger charge is -2.41. The number of hydrogen-bond acceptors (Lipinski definition) is 10. The number of amides is 4. The summed E-state index contributed by atoms with van der Waals surface area (Å²) in [5, 5.41) is 9.01. The molecule has 61 heavy (non-hydrogen) atoms. The van der Waals surface area contributed by atoms with Crippen molar-refractivity contribution < 1.29 is 38.2 Å². The van der Waals surface area contributed by atoms with Crippen molar-refractivity contribution in [1.29, 1.82) is 0 Å². The van der Waals surface area contributed by atoms with Gasteiger partial charge in [0.15, 0.2) is 5.78 Å². The Kier molecular flexibility index (Phi) is 19.8. The second-order valence-corrected chi connectivity index (χ2v) is 18.4. The highest BCUT2D eigenvalue weighted by molar-refractivity contribution is 7.09. The van der Waals surface area contributed by atoms with E-state index in [9.17, 15) is 24.0 Å². The van der Waals surface area contributed by atoms with Gasteiger partial charge in [0.2, 0.25) is 23.6 Å². The Balaban J connectivity index is 1.48. The van der Waals surface area contributed by atoms with Crippen molar-refractivity contribution >= 4 is 40.7 Å². The average Bonchev–Trinajstić information content (AvgIpc) is 4.06. The van der Waals surface area contributed by atoms with Crippen molar-refractivity contribution in [3.8, 4) is 0 Å². The fourth-order valence-electron chi connectivity index (χ4n) is 9.42. The summed E-state index contributed by atoms with van der Waals surface area (Å²) in [6.07, 6.45) is 6.30. The molecule has 1 aromatic heterocycles. The lowest BCUT2D eigenvalue weighted by molar-refractivity contribution is -0.149. The minimum Gasteiger partial charge on any atom is -0.381 e. The maximum absolute atomic E-state index is 14.6. The molecule has 1 aliphatic carbocycles. The lowest BCUT2D eigenvalue weighted by atomic mass is 9.80. The highest BCUT2D eigenvalue weighted by Crippen LogP contribution is 2.35. The number of ketones is 1. The number of carbonyl (C=O) groups is 5. The van der Waals surface area contributed by atoms with Gasteiger partial charge < -0.3 is 34.6 Å². The third-order valence-corrected chi connectivity index (χ3v) is 14.1. The lowest BCUT2D eigenvalue weighted by Crippen LogP contribution is -2.56. The van der Waals surface area contributed by atoms with Gasteiger partial charge in [-0.25, -0.2) is 4.98 Å². The number of nitrogens with zero attached hydrogens (tertiary/aromatic N) is 3. The van der Waals surface area contributed by atoms with Crippen molar-refractivity contribution in [2.45, 2.75) is 148 Å². The van der Waals surface area contributed by atoms with Gasteiger partial charge in [0.1, 0.15) is 5.01 Å². The molecule has 0 radical (unpaired) electrons. The number of hydrogen-bond donors (Lipinski definition) is 2. The second-order valence-electron chi connectivity index (χ2n) is 17.5. The third kappa shape index (κ3) is 13.2. The Hall–Kier alpha value is -3.72. The number of carbonyl (C=O) groups excluding carboxylic acids is 5. The standard InChI is InChI=1S/C47H73N5O8S/c1-10-32(5)42(51(7)46(57)35(31(3)4)29-39(53)47(22-15-16-23-47)50-40(54)21-26-60-11-2)38(58-8)30-41(55)52-25-17-20-37(52)43(59-9)33(6)44(56)49-36(45-48-24-27-61-45)28-34-18-13-12-14-19-34/h12-14,18-19,24,27,31-33,35-38,42-43H,10-11,15-17,20-23,25-26,28-30H2,1-9H3,(H,49,56)(H,50,54)/t32-,33+,35-,36-,37-,38+,42-,43+/m0/s1. The molecule has 2 heterocycles. The maximum Gasteiger partial charge on any atom is 0.226 e. The summed E-state index contributed by atoms with van der Waals surface area (Å²) in [6, 6.07) is 8.89. The molecule has 2 aromatic rings. The predicted molar refractivity (Wildman–Crippen MR) is 238 cm³/mol. The zero-order valence-electron chi connectivity index (χ0n) is 38.2. The van der Waals surface area contributed by atoms with Crippen LogP contribution in [0.3, 0.4) is 0 Å². The summed E-state index contributed by atoms with van der Waals surface area (Å²) in [5.41, 5.74) is 0.102. The monoisotopic (exact) mass is 868 g/mol. The van der Waals surface area contributed by atoms with Crippen molar-refractivity contribution in [3.63, 3.8) is 0 Å². The molecular formula is C47H73N5O8S. The number of rotatable bonds is 25. The minimum absolute atomic E-state index is 0.00680. The Bertz CT molecular complexity index is 1690. The van der Waals surface area contributed by atoms with Crippen molar-refractivity contribution in [2.75, 3.05) is 41.0 Å². The molecule has 4 amide bonds. The van der Waals surface area contributed by atoms with E-state index in [1.165, 1.54) is 11.3 Å². The van der Waals surface area contributed by atoms with Gasteiger partial charge in [-0.2, -0.15) is 0 Å². The zero-order chi connectivity index (χ0) is 44.7. The molecule has 13 nitrogen and oxygen atoms in total. The maximum atomic E-state index is 14.6. The summed E-state index contributed by atoms with van der Waals surface area (Å²) < 4.78 is 17.5. The predicted octanol–water partition coefficient (Wildman–Crippen LogP) is 6.55. The molecule has 340 valence electrons. The van der Waals surface area contributed by atoms with E-state index in [4.69, 9.17) is 14.2 Å². The van der Waals surface area contributed by atoms with Gasteiger partial charge in [-0.05, 0) is 56.4 Å². The Morgan fingerprint density at radius 1 is 0.984 bits per heavy atom. The van der Waals surface area contributed by atoms with Crippen LogP contribution in [0.1, 0.15) is 122 Å². The number of benzene rings is 1. The molecule has 1 saturated heterocycles. The molecule has 14 heteroatoms. The van der Waals surface area contributed by atoms with Crippen LogP contribution in [0, 0.1) is 23.7 Å². The number of nitrogens with one attached hydrogen (secondary N) is 2. The van der Waals surface area contributed by atoms with Crippen LogP contribution in [0.4, 0.5) is 0 Å². The second kappa shape index (κ2) is 24.2. The van der Waals surface area contributed by atoms with Crippen LogP contribution in [-0.4, -0.2) is 115 Å². The first-order valence-electron chi connectivity index (χ1n) is 22.5. The van der Waals surface area contributed by atoms with Gasteiger partial charge in [-0.1, -0.05) is 84.2 Å². The smallest absolute Gasteiger partial charge is 0.226 e. The molecule has 4 rings (SSSR count). The number of thiazole rings is 1. The molecule has 0 unspecified atom stereocenters. The van der Waals surface area contributed by atoms with Crippen LogP contribution in [-0.2, 0) is 44.6 Å². The molecule has 2 aliphatic rings. The normalized spacial score (nSPS) is 19.7.